The molecule has 2 nitrogen and oxygen atoms in total. The lowest BCUT2D eigenvalue weighted by Crippen LogP contribution is -2.41. The van der Waals surface area contributed by atoms with Gasteiger partial charge in [0.25, 0.3) is 0 Å². The van der Waals surface area contributed by atoms with Crippen LogP contribution in [0.25, 0.3) is 10.9 Å². The van der Waals surface area contributed by atoms with Crippen LogP contribution in [-0.2, 0) is 6.54 Å². The standard InChI is InChI=1S/C17H25ClN2/c1-16(2,3)11-17(4,5)19-10-14-15(18)12-8-6-7-9-13(12)20-14/h6-9,19-20H,10-11H2,1-5H3. The van der Waals surface area contributed by atoms with Crippen LogP contribution in [0.2, 0.25) is 5.02 Å². The molecule has 20 heavy (non-hydrogen) atoms. The van der Waals surface area contributed by atoms with E-state index in [0.29, 0.717) is 5.41 Å². The van der Waals surface area contributed by atoms with Crippen LogP contribution < -0.4 is 5.32 Å². The molecule has 110 valence electrons. The number of H-pyrrole nitrogens is 1. The summed E-state index contributed by atoms with van der Waals surface area (Å²) in [5.41, 5.74) is 2.55. The number of hydrogen-bond donors (Lipinski definition) is 2. The number of hydrogen-bond acceptors (Lipinski definition) is 1. The fourth-order valence-corrected chi connectivity index (χ4v) is 3.28. The van der Waals surface area contributed by atoms with Crippen LogP contribution in [-0.4, -0.2) is 10.5 Å². The number of aromatic amines is 1. The van der Waals surface area contributed by atoms with Crippen molar-refractivity contribution in [1.82, 2.24) is 10.3 Å². The van der Waals surface area contributed by atoms with E-state index in [0.717, 1.165) is 34.6 Å². The molecule has 1 aromatic carbocycles. The van der Waals surface area contributed by atoms with Crippen LogP contribution in [0.5, 0.6) is 0 Å². The molecule has 1 heterocycles. The number of halogens is 1. The first-order valence-electron chi connectivity index (χ1n) is 7.18. The summed E-state index contributed by atoms with van der Waals surface area (Å²) in [5.74, 6) is 0. The first-order valence-corrected chi connectivity index (χ1v) is 7.56. The number of benzene rings is 1. The topological polar surface area (TPSA) is 27.8 Å². The summed E-state index contributed by atoms with van der Waals surface area (Å²) in [4.78, 5) is 3.40. The molecule has 2 N–H and O–H groups in total. The zero-order valence-corrected chi connectivity index (χ0v) is 13.9. The Morgan fingerprint density at radius 2 is 1.75 bits per heavy atom. The van der Waals surface area contributed by atoms with Crippen LogP contribution in [0.4, 0.5) is 0 Å². The highest BCUT2D eigenvalue weighted by Crippen LogP contribution is 2.29. The van der Waals surface area contributed by atoms with Crippen LogP contribution in [0.15, 0.2) is 24.3 Å². The molecule has 0 aliphatic rings. The number of para-hydroxylation sites is 1. The summed E-state index contributed by atoms with van der Waals surface area (Å²) in [6, 6.07) is 8.15. The molecule has 0 bridgehead atoms. The van der Waals surface area contributed by atoms with Gasteiger partial charge in [-0.2, -0.15) is 0 Å². The minimum atomic E-state index is 0.0822. The number of rotatable bonds is 4. The summed E-state index contributed by atoms with van der Waals surface area (Å²) in [6.07, 6.45) is 1.11. The second-order valence-electron chi connectivity index (χ2n) is 7.44. The van der Waals surface area contributed by atoms with Crippen molar-refractivity contribution < 1.29 is 0 Å². The maximum atomic E-state index is 6.45. The summed E-state index contributed by atoms with van der Waals surface area (Å²) < 4.78 is 0. The van der Waals surface area contributed by atoms with Crippen LogP contribution in [0.1, 0.15) is 46.7 Å². The Labute approximate surface area is 126 Å². The fourth-order valence-electron chi connectivity index (χ4n) is 3.00. The quantitative estimate of drug-likeness (QED) is 0.803. The molecule has 2 aromatic rings. The smallest absolute Gasteiger partial charge is 0.0705 e. The van der Waals surface area contributed by atoms with Crippen LogP contribution >= 0.6 is 11.6 Å². The normalized spacial score (nSPS) is 13.1. The average molecular weight is 293 g/mol. The van der Waals surface area contributed by atoms with Crippen LogP contribution in [0.3, 0.4) is 0 Å². The molecule has 0 saturated heterocycles. The van der Waals surface area contributed by atoms with Crippen molar-refractivity contribution >= 4 is 22.5 Å². The average Bonchev–Trinajstić information content (AvgIpc) is 2.62. The van der Waals surface area contributed by atoms with Gasteiger partial charge in [-0.05, 0) is 31.7 Å². The van der Waals surface area contributed by atoms with E-state index < -0.39 is 0 Å². The van der Waals surface area contributed by atoms with Gasteiger partial charge in [-0.1, -0.05) is 50.6 Å². The first-order chi connectivity index (χ1) is 9.18. The summed E-state index contributed by atoms with van der Waals surface area (Å²) >= 11 is 6.45. The van der Waals surface area contributed by atoms with Gasteiger partial charge in [-0.3, -0.25) is 0 Å². The van der Waals surface area contributed by atoms with Crippen molar-refractivity contribution in [3.8, 4) is 0 Å². The van der Waals surface area contributed by atoms with Gasteiger partial charge in [0.15, 0.2) is 0 Å². The molecule has 0 spiro atoms. The molecule has 0 radical (unpaired) electrons. The Bertz CT molecular complexity index is 591. The largest absolute Gasteiger partial charge is 0.356 e. The lowest BCUT2D eigenvalue weighted by molar-refractivity contribution is 0.240. The van der Waals surface area contributed by atoms with E-state index in [1.165, 1.54) is 0 Å². The van der Waals surface area contributed by atoms with E-state index in [1.807, 2.05) is 12.1 Å². The Morgan fingerprint density at radius 3 is 2.35 bits per heavy atom. The van der Waals surface area contributed by atoms with Gasteiger partial charge in [0, 0.05) is 28.7 Å². The SMILES string of the molecule is CC(C)(C)CC(C)(C)NCc1[nH]c2ccccc2c1Cl. The van der Waals surface area contributed by atoms with Crippen LogP contribution in [0, 0.1) is 5.41 Å². The molecule has 0 saturated carbocycles. The van der Waals surface area contributed by atoms with E-state index >= 15 is 0 Å². The molecule has 0 aliphatic carbocycles. The zero-order valence-electron chi connectivity index (χ0n) is 13.1. The van der Waals surface area contributed by atoms with Gasteiger partial charge in [-0.25, -0.2) is 0 Å². The molecule has 0 fully saturated rings. The second-order valence-corrected chi connectivity index (χ2v) is 7.82. The van der Waals surface area contributed by atoms with Gasteiger partial charge in [0.2, 0.25) is 0 Å². The minimum absolute atomic E-state index is 0.0822. The van der Waals surface area contributed by atoms with Gasteiger partial charge in [0.1, 0.15) is 0 Å². The van der Waals surface area contributed by atoms with Crippen molar-refractivity contribution in [2.75, 3.05) is 0 Å². The van der Waals surface area contributed by atoms with E-state index in [1.54, 1.807) is 0 Å². The molecule has 1 aromatic heterocycles. The predicted molar refractivity (Wildman–Crippen MR) is 88.3 cm³/mol. The van der Waals surface area contributed by atoms with E-state index in [-0.39, 0.29) is 5.54 Å². The highest BCUT2D eigenvalue weighted by Gasteiger charge is 2.25. The predicted octanol–water partition coefficient (Wildman–Crippen LogP) is 5.13. The van der Waals surface area contributed by atoms with Crippen molar-refractivity contribution in [3.63, 3.8) is 0 Å². The highest BCUT2D eigenvalue weighted by atomic mass is 35.5. The number of nitrogens with one attached hydrogen (secondary N) is 2. The summed E-state index contributed by atoms with van der Waals surface area (Å²) in [5, 5.41) is 5.55. The van der Waals surface area contributed by atoms with E-state index in [2.05, 4.69) is 57.1 Å². The van der Waals surface area contributed by atoms with Crippen molar-refractivity contribution in [2.45, 2.75) is 53.1 Å². The van der Waals surface area contributed by atoms with E-state index in [9.17, 15) is 0 Å². The maximum Gasteiger partial charge on any atom is 0.0705 e. The zero-order chi connectivity index (χ0) is 15.0. The third kappa shape index (κ3) is 3.77. The number of aromatic nitrogens is 1. The Morgan fingerprint density at radius 1 is 1.10 bits per heavy atom. The first kappa shape index (κ1) is 15.4. The van der Waals surface area contributed by atoms with Gasteiger partial charge >= 0.3 is 0 Å². The monoisotopic (exact) mass is 292 g/mol. The third-order valence-corrected chi connectivity index (χ3v) is 3.86. The lowest BCUT2D eigenvalue weighted by Gasteiger charge is -2.33. The summed E-state index contributed by atoms with van der Waals surface area (Å²) in [6.45, 7) is 12.1. The Hall–Kier alpha value is -0.990. The fraction of sp³-hybridized carbons (Fsp3) is 0.529. The van der Waals surface area contributed by atoms with E-state index in [4.69, 9.17) is 11.6 Å². The van der Waals surface area contributed by atoms with Crippen molar-refractivity contribution in [1.29, 1.82) is 0 Å². The Balaban J connectivity index is 2.11. The Kier molecular flexibility index (Phi) is 4.17. The molecule has 0 aliphatic heterocycles. The molecule has 0 unspecified atom stereocenters. The highest BCUT2D eigenvalue weighted by molar-refractivity contribution is 6.36. The van der Waals surface area contributed by atoms with Crippen molar-refractivity contribution in [2.24, 2.45) is 5.41 Å². The molecular formula is C17H25ClN2. The van der Waals surface area contributed by atoms with Gasteiger partial charge in [-0.15, -0.1) is 0 Å². The summed E-state index contributed by atoms with van der Waals surface area (Å²) in [7, 11) is 0. The minimum Gasteiger partial charge on any atom is -0.356 e. The lowest BCUT2D eigenvalue weighted by atomic mass is 9.82. The second kappa shape index (κ2) is 5.42. The molecule has 2 rings (SSSR count). The van der Waals surface area contributed by atoms with Gasteiger partial charge in [0.05, 0.1) is 5.02 Å². The van der Waals surface area contributed by atoms with Gasteiger partial charge < -0.3 is 10.3 Å². The molecule has 0 amide bonds. The van der Waals surface area contributed by atoms with Crippen molar-refractivity contribution in [3.05, 3.63) is 35.0 Å². The molecule has 3 heteroatoms. The third-order valence-electron chi connectivity index (χ3n) is 3.43. The molecular weight excluding hydrogens is 268 g/mol. The molecule has 0 atom stereocenters. The maximum absolute atomic E-state index is 6.45. The number of fused-ring (bicyclic) bond motifs is 1.